The van der Waals surface area contributed by atoms with Gasteiger partial charge >= 0.3 is 0 Å². The van der Waals surface area contributed by atoms with E-state index in [1.165, 1.54) is 82.6 Å². The fraction of sp³-hybridized carbons (Fsp3) is 0.846. The Morgan fingerprint density at radius 1 is 0.969 bits per heavy atom. The summed E-state index contributed by atoms with van der Waals surface area (Å²) in [6, 6.07) is 0.297. The number of fused-ring (bicyclic) bond motifs is 1. The van der Waals surface area contributed by atoms with Crippen molar-refractivity contribution in [2.24, 2.45) is 0 Å². The van der Waals surface area contributed by atoms with Crippen LogP contribution in [0.25, 0.3) is 0 Å². The van der Waals surface area contributed by atoms with Crippen LogP contribution in [-0.4, -0.2) is 30.2 Å². The Morgan fingerprint density at radius 3 is 2.16 bits per heavy atom. The molecule has 3 atom stereocenters. The van der Waals surface area contributed by atoms with Gasteiger partial charge in [-0.25, -0.2) is 14.2 Å². The van der Waals surface area contributed by atoms with E-state index in [2.05, 4.69) is 37.6 Å². The van der Waals surface area contributed by atoms with E-state index in [0.717, 1.165) is 25.1 Å². The molecule has 3 unspecified atom stereocenters. The Labute approximate surface area is 199 Å². The minimum absolute atomic E-state index is 0.0112. The second kappa shape index (κ2) is 14.4. The second-order valence-corrected chi connectivity index (χ2v) is 10.6. The number of aromatic nitrogens is 2. The molecule has 32 heavy (non-hydrogen) atoms. The van der Waals surface area contributed by atoms with Crippen molar-refractivity contribution in [2.45, 2.75) is 135 Å². The monoisotopic (exact) mass is 465 g/mol. The summed E-state index contributed by atoms with van der Waals surface area (Å²) in [7, 11) is 0. The number of unbranched alkanes of at least 4 members (excludes halogenated alkanes) is 10. The molecule has 0 saturated carbocycles. The van der Waals surface area contributed by atoms with Crippen LogP contribution in [0, 0.1) is 0 Å². The van der Waals surface area contributed by atoms with E-state index in [4.69, 9.17) is 4.98 Å². The van der Waals surface area contributed by atoms with Crippen molar-refractivity contribution in [1.29, 1.82) is 0 Å². The van der Waals surface area contributed by atoms with Crippen LogP contribution in [0.2, 0.25) is 0 Å². The van der Waals surface area contributed by atoms with Crippen molar-refractivity contribution in [3.8, 4) is 0 Å². The van der Waals surface area contributed by atoms with Crippen LogP contribution in [-0.2, 0) is 22.4 Å². The van der Waals surface area contributed by atoms with Gasteiger partial charge in [-0.15, -0.1) is 0 Å². The molecule has 1 aromatic rings. The molecule has 0 spiro atoms. The maximum absolute atomic E-state index is 11.4. The molecule has 0 aliphatic carbocycles. The summed E-state index contributed by atoms with van der Waals surface area (Å²) in [6.45, 7) is 10.2. The fourth-order valence-electron chi connectivity index (χ4n) is 5.20. The van der Waals surface area contributed by atoms with Crippen molar-refractivity contribution in [2.75, 3.05) is 6.54 Å². The van der Waals surface area contributed by atoms with E-state index >= 15 is 0 Å². The normalized spacial score (nSPS) is 21.7. The highest BCUT2D eigenvalue weighted by Gasteiger charge is 2.46. The van der Waals surface area contributed by atoms with Crippen LogP contribution in [0.4, 0.5) is 0 Å². The highest BCUT2D eigenvalue weighted by atomic mass is 32.2. The van der Waals surface area contributed by atoms with Crippen molar-refractivity contribution in [1.82, 2.24) is 14.9 Å². The molecular formula is C26H47N3O2S. The van der Waals surface area contributed by atoms with Crippen LogP contribution in [0.3, 0.4) is 0 Å². The molecule has 0 saturated heterocycles. The molecule has 0 bridgehead atoms. The number of hydrogen-bond donors (Lipinski definition) is 1. The van der Waals surface area contributed by atoms with Crippen LogP contribution >= 0.6 is 0 Å². The Hall–Kier alpha value is -0.850. The molecule has 184 valence electrons. The highest BCUT2D eigenvalue weighted by molar-refractivity contribution is 7.78. The van der Waals surface area contributed by atoms with E-state index in [1.54, 1.807) is 0 Å². The first-order valence-corrected chi connectivity index (χ1v) is 14.5. The maximum Gasteiger partial charge on any atom is 0.160 e. The Morgan fingerprint density at radius 2 is 1.56 bits per heavy atom. The Kier molecular flexibility index (Phi) is 12.3. The molecule has 0 amide bonds. The Bertz CT molecular complexity index is 700. The zero-order valence-corrected chi connectivity index (χ0v) is 21.9. The molecule has 0 radical (unpaired) electrons. The molecule has 1 aromatic heterocycles. The van der Waals surface area contributed by atoms with Gasteiger partial charge in [-0.2, -0.15) is 0 Å². The van der Waals surface area contributed by atoms with Gasteiger partial charge in [0.15, 0.2) is 11.1 Å². The summed E-state index contributed by atoms with van der Waals surface area (Å²) >= 11 is -1.91. The zero-order valence-electron chi connectivity index (χ0n) is 21.1. The Balaban J connectivity index is 2.15. The largest absolute Gasteiger partial charge is 0.306 e. The third-order valence-electron chi connectivity index (χ3n) is 7.30. The lowest BCUT2D eigenvalue weighted by atomic mass is 9.91. The summed E-state index contributed by atoms with van der Waals surface area (Å²) in [5.74, 6) is 0.509. The van der Waals surface area contributed by atoms with Crippen molar-refractivity contribution >= 4 is 11.1 Å². The van der Waals surface area contributed by atoms with Gasteiger partial charge in [-0.3, -0.25) is 4.90 Å². The third-order valence-corrected chi connectivity index (χ3v) is 7.80. The van der Waals surface area contributed by atoms with E-state index < -0.39 is 11.1 Å². The summed E-state index contributed by atoms with van der Waals surface area (Å²) in [5.41, 5.74) is 2.29. The molecule has 2 heterocycles. The molecule has 5 nitrogen and oxygen atoms in total. The van der Waals surface area contributed by atoms with Crippen molar-refractivity contribution in [3.05, 3.63) is 23.3 Å². The van der Waals surface area contributed by atoms with Gasteiger partial charge in [0.25, 0.3) is 0 Å². The molecule has 1 N–H and O–H groups in total. The minimum atomic E-state index is -1.91. The highest BCUT2D eigenvalue weighted by Crippen LogP contribution is 2.49. The topological polar surface area (TPSA) is 66.3 Å². The van der Waals surface area contributed by atoms with Gasteiger partial charge < -0.3 is 4.55 Å². The van der Waals surface area contributed by atoms with Gasteiger partial charge in [0.1, 0.15) is 11.6 Å². The summed E-state index contributed by atoms with van der Waals surface area (Å²) in [4.78, 5) is 12.0. The van der Waals surface area contributed by atoms with Gasteiger partial charge in [-0.05, 0) is 32.7 Å². The average molecular weight is 466 g/mol. The predicted octanol–water partition coefficient (Wildman–Crippen LogP) is 7.29. The lowest BCUT2D eigenvalue weighted by Crippen LogP contribution is -2.40. The fourth-order valence-corrected chi connectivity index (χ4v) is 5.56. The van der Waals surface area contributed by atoms with E-state index in [-0.39, 0.29) is 11.3 Å². The van der Waals surface area contributed by atoms with Gasteiger partial charge in [0.2, 0.25) is 0 Å². The van der Waals surface area contributed by atoms with Crippen molar-refractivity contribution < 1.29 is 8.76 Å². The quantitative estimate of drug-likeness (QED) is 0.193. The molecule has 1 aliphatic rings. The first-order chi connectivity index (χ1) is 15.5. The predicted molar refractivity (Wildman–Crippen MR) is 135 cm³/mol. The summed E-state index contributed by atoms with van der Waals surface area (Å²) < 4.78 is 20.7. The molecule has 2 rings (SSSR count). The molecular weight excluding hydrogens is 418 g/mol. The van der Waals surface area contributed by atoms with Gasteiger partial charge in [-0.1, -0.05) is 91.4 Å². The smallest absolute Gasteiger partial charge is 0.160 e. The molecule has 0 aromatic carbocycles. The van der Waals surface area contributed by atoms with Gasteiger partial charge in [0, 0.05) is 17.3 Å². The number of nitrogens with zero attached hydrogens (tertiary/aromatic N) is 3. The lowest BCUT2D eigenvalue weighted by molar-refractivity contribution is 0.0665. The molecule has 0 fully saturated rings. The van der Waals surface area contributed by atoms with Crippen LogP contribution < -0.4 is 0 Å². The average Bonchev–Trinajstić information content (AvgIpc) is 3.00. The first-order valence-electron chi connectivity index (χ1n) is 13.2. The number of rotatable bonds is 17. The molecule has 6 heteroatoms. The van der Waals surface area contributed by atoms with E-state index in [0.29, 0.717) is 11.9 Å². The summed E-state index contributed by atoms with van der Waals surface area (Å²) in [6.07, 6.45) is 19.6. The van der Waals surface area contributed by atoms with Crippen LogP contribution in [0.5, 0.6) is 0 Å². The van der Waals surface area contributed by atoms with Gasteiger partial charge in [0.05, 0.1) is 11.7 Å². The van der Waals surface area contributed by atoms with E-state index in [1.807, 2.05) is 6.20 Å². The standard InChI is InChI=1S/C26H47N3O2S/c1-5-8-10-12-14-16-18-23-25-22(20-27-24(28-25)21-32(30)31)26(4,7-3)29(23)19-17-15-13-11-9-6-2/h20,23H,5-19,21H2,1-4H3,(H,30,31). The minimum Gasteiger partial charge on any atom is -0.306 e. The summed E-state index contributed by atoms with van der Waals surface area (Å²) in [5, 5.41) is 0. The third kappa shape index (κ3) is 7.59. The SMILES string of the molecule is CCCCCCCCC1c2nc(CS(=O)O)ncc2C(C)(CC)N1CCCCCCCC. The number of hydrogen-bond acceptors (Lipinski definition) is 4. The lowest BCUT2D eigenvalue weighted by Gasteiger charge is -2.38. The van der Waals surface area contributed by atoms with Crippen LogP contribution in [0.15, 0.2) is 6.20 Å². The second-order valence-electron chi connectivity index (χ2n) is 9.71. The molecule has 1 aliphatic heterocycles. The van der Waals surface area contributed by atoms with Crippen LogP contribution in [0.1, 0.15) is 141 Å². The van der Waals surface area contributed by atoms with E-state index in [9.17, 15) is 8.76 Å². The maximum atomic E-state index is 11.4. The first kappa shape index (κ1) is 27.4. The van der Waals surface area contributed by atoms with Crippen molar-refractivity contribution in [3.63, 3.8) is 0 Å². The zero-order chi connectivity index (χ0) is 23.4.